The Morgan fingerprint density at radius 2 is 1.89 bits per heavy atom. The van der Waals surface area contributed by atoms with E-state index in [2.05, 4.69) is 0 Å². The summed E-state index contributed by atoms with van der Waals surface area (Å²) >= 11 is 6.16. The van der Waals surface area contributed by atoms with Gasteiger partial charge in [-0.2, -0.15) is 13.2 Å². The van der Waals surface area contributed by atoms with Gasteiger partial charge in [0.1, 0.15) is 27.8 Å². The fourth-order valence-electron chi connectivity index (χ4n) is 3.15. The maximum absolute atomic E-state index is 13.3. The van der Waals surface area contributed by atoms with Crippen LogP contribution in [0, 0.1) is 6.92 Å². The number of hydrogen-bond acceptors (Lipinski definition) is 4. The van der Waals surface area contributed by atoms with E-state index in [0.29, 0.717) is 16.2 Å². The highest BCUT2D eigenvalue weighted by Gasteiger charge is 2.36. The average Bonchev–Trinajstić information content (AvgIpc) is 2.86. The molecule has 2 aromatic heterocycles. The number of amides is 1. The van der Waals surface area contributed by atoms with Gasteiger partial charge in [0.15, 0.2) is 0 Å². The third kappa shape index (κ3) is 2.68. The predicted molar refractivity (Wildman–Crippen MR) is 97.9 cm³/mol. The summed E-state index contributed by atoms with van der Waals surface area (Å²) in [6, 6.07) is 3.41. The lowest BCUT2D eigenvalue weighted by atomic mass is 10.1. The molecule has 0 spiro atoms. The van der Waals surface area contributed by atoms with Gasteiger partial charge in [-0.1, -0.05) is 17.7 Å². The number of phenolic OH excluding ortho intramolecular Hbond substituents is 1. The molecule has 0 saturated heterocycles. The van der Waals surface area contributed by atoms with Crippen molar-refractivity contribution < 1.29 is 23.1 Å². The zero-order valence-corrected chi connectivity index (χ0v) is 15.3. The number of halogens is 4. The Labute approximate surface area is 160 Å². The number of anilines is 1. The first-order valence-electron chi connectivity index (χ1n) is 7.77. The van der Waals surface area contributed by atoms with Crippen molar-refractivity contribution in [3.63, 3.8) is 0 Å². The van der Waals surface area contributed by atoms with Gasteiger partial charge in [-0.15, -0.1) is 0 Å². The third-order valence-corrected chi connectivity index (χ3v) is 4.83. The topological polar surface area (TPSA) is 116 Å². The molecular formula is C17H14ClF3N4O3. The van der Waals surface area contributed by atoms with Gasteiger partial charge in [-0.25, -0.2) is 0 Å². The molecular weight excluding hydrogens is 401 g/mol. The highest BCUT2D eigenvalue weighted by atomic mass is 35.5. The number of phenols is 1. The van der Waals surface area contributed by atoms with Gasteiger partial charge in [-0.3, -0.25) is 14.2 Å². The number of primary amides is 1. The lowest BCUT2D eigenvalue weighted by molar-refractivity contribution is -0.143. The molecule has 0 aliphatic rings. The molecule has 0 atom stereocenters. The molecule has 0 fully saturated rings. The molecule has 7 nitrogen and oxygen atoms in total. The van der Waals surface area contributed by atoms with Gasteiger partial charge < -0.3 is 21.1 Å². The fraction of sp³-hybridized carbons (Fsp3) is 0.176. The predicted octanol–water partition coefficient (Wildman–Crippen LogP) is 2.70. The Morgan fingerprint density at radius 1 is 1.29 bits per heavy atom. The van der Waals surface area contributed by atoms with Gasteiger partial charge in [-0.05, 0) is 24.6 Å². The van der Waals surface area contributed by atoms with Crippen molar-refractivity contribution in [1.29, 1.82) is 0 Å². The zero-order valence-electron chi connectivity index (χ0n) is 14.6. The molecule has 2 heterocycles. The summed E-state index contributed by atoms with van der Waals surface area (Å²) in [5.74, 6) is -1.82. The van der Waals surface area contributed by atoms with E-state index in [1.807, 2.05) is 0 Å². The van der Waals surface area contributed by atoms with E-state index in [1.54, 1.807) is 6.92 Å². The number of aromatic nitrogens is 2. The number of nitrogens with zero attached hydrogens (tertiary/aromatic N) is 2. The number of fused-ring (bicyclic) bond motifs is 1. The second-order valence-corrected chi connectivity index (χ2v) is 6.56. The smallest absolute Gasteiger partial charge is 0.431 e. The molecule has 1 aromatic carbocycles. The Kier molecular flexibility index (Phi) is 4.34. The van der Waals surface area contributed by atoms with Crippen LogP contribution < -0.4 is 17.0 Å². The first-order chi connectivity index (χ1) is 12.9. The molecule has 148 valence electrons. The van der Waals surface area contributed by atoms with Crippen molar-refractivity contribution in [2.24, 2.45) is 12.8 Å². The maximum Gasteiger partial charge on any atom is 0.431 e. The van der Waals surface area contributed by atoms with Gasteiger partial charge in [0.05, 0.1) is 11.3 Å². The number of hydrogen-bond donors (Lipinski definition) is 3. The molecule has 0 aliphatic carbocycles. The molecule has 28 heavy (non-hydrogen) atoms. The van der Waals surface area contributed by atoms with Gasteiger partial charge in [0.2, 0.25) is 0 Å². The molecule has 1 amide bonds. The SMILES string of the molecule is Cc1ccc(O)c(Cl)c1-n1c(N)c(C(N)=O)c2cc(C(F)(F)F)n(C)c(=O)c21. The minimum absolute atomic E-state index is 0.0496. The molecule has 11 heteroatoms. The van der Waals surface area contributed by atoms with Crippen LogP contribution in [-0.4, -0.2) is 20.1 Å². The maximum atomic E-state index is 13.3. The van der Waals surface area contributed by atoms with E-state index in [4.69, 9.17) is 23.1 Å². The van der Waals surface area contributed by atoms with E-state index >= 15 is 0 Å². The fourth-order valence-corrected chi connectivity index (χ4v) is 3.45. The molecule has 5 N–H and O–H groups in total. The average molecular weight is 415 g/mol. The largest absolute Gasteiger partial charge is 0.506 e. The summed E-state index contributed by atoms with van der Waals surface area (Å²) in [5, 5.41) is 9.37. The monoisotopic (exact) mass is 414 g/mol. The Morgan fingerprint density at radius 3 is 2.43 bits per heavy atom. The second-order valence-electron chi connectivity index (χ2n) is 6.18. The molecule has 3 rings (SSSR count). The minimum Gasteiger partial charge on any atom is -0.506 e. The number of carbonyl (C=O) groups excluding carboxylic acids is 1. The molecule has 0 aliphatic heterocycles. The van der Waals surface area contributed by atoms with Crippen molar-refractivity contribution in [2.45, 2.75) is 13.1 Å². The molecule has 0 saturated carbocycles. The number of rotatable bonds is 2. The number of aromatic hydroxyl groups is 1. The highest BCUT2D eigenvalue weighted by Crippen LogP contribution is 2.39. The highest BCUT2D eigenvalue weighted by molar-refractivity contribution is 6.34. The van der Waals surface area contributed by atoms with Crippen molar-refractivity contribution in [1.82, 2.24) is 9.13 Å². The molecule has 0 unspecified atom stereocenters. The standard InChI is InChI=1S/C17H14ClF3N4O3/c1-6-3-4-8(26)11(18)12(6)25-13-7(10(14(25)22)15(23)27)5-9(17(19,20)21)24(2)16(13)28/h3-5,26H,22H2,1-2H3,(H2,23,27). The number of alkyl halides is 3. The van der Waals surface area contributed by atoms with Gasteiger partial charge in [0, 0.05) is 12.4 Å². The van der Waals surface area contributed by atoms with Crippen LogP contribution in [0.5, 0.6) is 5.75 Å². The van der Waals surface area contributed by atoms with Crippen molar-refractivity contribution in [3.05, 3.63) is 50.4 Å². The first kappa shape index (κ1) is 19.6. The number of pyridine rings is 1. The number of nitrogens with two attached hydrogens (primary N) is 2. The summed E-state index contributed by atoms with van der Waals surface area (Å²) in [7, 11) is 0.943. The van der Waals surface area contributed by atoms with E-state index in [0.717, 1.165) is 11.6 Å². The van der Waals surface area contributed by atoms with E-state index < -0.39 is 28.9 Å². The summed E-state index contributed by atoms with van der Waals surface area (Å²) in [5.41, 5.74) is 8.72. The van der Waals surface area contributed by atoms with Crippen LogP contribution in [0.15, 0.2) is 23.0 Å². The van der Waals surface area contributed by atoms with E-state index in [1.165, 1.54) is 12.1 Å². The minimum atomic E-state index is -4.85. The van der Waals surface area contributed by atoms with E-state index in [-0.39, 0.29) is 33.2 Å². The Bertz CT molecular complexity index is 1210. The van der Waals surface area contributed by atoms with Crippen LogP contribution in [0.25, 0.3) is 16.6 Å². The third-order valence-electron chi connectivity index (χ3n) is 4.45. The molecule has 0 radical (unpaired) electrons. The number of aryl methyl sites for hydroxylation is 1. The van der Waals surface area contributed by atoms with Crippen LogP contribution in [0.1, 0.15) is 21.6 Å². The van der Waals surface area contributed by atoms with Gasteiger partial charge in [0.25, 0.3) is 11.5 Å². The molecule has 0 bridgehead atoms. The summed E-state index contributed by atoms with van der Waals surface area (Å²) in [6.45, 7) is 1.59. The zero-order chi connectivity index (χ0) is 21.1. The van der Waals surface area contributed by atoms with Crippen LogP contribution >= 0.6 is 11.6 Å². The number of nitrogen functional groups attached to an aromatic ring is 1. The van der Waals surface area contributed by atoms with E-state index in [9.17, 15) is 27.9 Å². The first-order valence-corrected chi connectivity index (χ1v) is 8.15. The molecule has 3 aromatic rings. The summed E-state index contributed by atoms with van der Waals surface area (Å²) in [4.78, 5) is 24.7. The lowest BCUT2D eigenvalue weighted by Crippen LogP contribution is -2.27. The van der Waals surface area contributed by atoms with Crippen molar-refractivity contribution >= 4 is 34.2 Å². The number of benzene rings is 1. The van der Waals surface area contributed by atoms with Crippen molar-refractivity contribution in [3.8, 4) is 11.4 Å². The summed E-state index contributed by atoms with van der Waals surface area (Å²) in [6.07, 6.45) is -4.85. The van der Waals surface area contributed by atoms with Crippen LogP contribution in [0.2, 0.25) is 5.02 Å². The Hall–Kier alpha value is -3.14. The van der Waals surface area contributed by atoms with Crippen LogP contribution in [0.4, 0.5) is 19.0 Å². The van der Waals surface area contributed by atoms with Gasteiger partial charge >= 0.3 is 6.18 Å². The lowest BCUT2D eigenvalue weighted by Gasteiger charge is -2.16. The Balaban J connectivity index is 2.64. The quantitative estimate of drug-likeness (QED) is 0.597. The van der Waals surface area contributed by atoms with Crippen molar-refractivity contribution in [2.75, 3.05) is 5.73 Å². The van der Waals surface area contributed by atoms with Crippen LogP contribution in [0.3, 0.4) is 0 Å². The summed E-state index contributed by atoms with van der Waals surface area (Å²) < 4.78 is 41.4. The number of carbonyl (C=O) groups is 1. The van der Waals surface area contributed by atoms with Crippen LogP contribution in [-0.2, 0) is 13.2 Å². The second kappa shape index (κ2) is 6.20. The normalized spacial score (nSPS) is 11.9.